The minimum Gasteiger partial charge on any atom is -0.400 e. The van der Waals surface area contributed by atoms with Gasteiger partial charge in [0.1, 0.15) is 0 Å². The molecule has 0 N–H and O–H groups in total. The smallest absolute Gasteiger partial charge is 0 e. The first kappa shape index (κ1) is 130. The molecule has 0 fully saturated rings. The molecule has 0 aliphatic heterocycles. The van der Waals surface area contributed by atoms with Crippen LogP contribution >= 0.6 is 0 Å². The van der Waals surface area contributed by atoms with Gasteiger partial charge >= 0.3 is 0 Å². The van der Waals surface area contributed by atoms with E-state index in [0.717, 1.165) is 0 Å². The molecule has 94 valence electrons. The standard InChI is InChI=1S/C7H10.18Y/c1-3-5-7-6-4-2;;;;;;;;;;;;;;;;;;/h3-7H,1H2,2H3;;;;;;;;;;;;;;;;;;/q-2;;;;;;;;;;;;;;;;;;/b7-5+;;;;;;;;;;;;;;;;;;. The van der Waals surface area contributed by atoms with Crippen LogP contribution in [0.4, 0.5) is 0 Å². The Labute approximate surface area is 610 Å². The van der Waals surface area contributed by atoms with Gasteiger partial charge in [-0.1, -0.05) is 0 Å². The average molecular weight is 1690 g/mol. The fourth-order valence-corrected chi connectivity index (χ4v) is 0.254. The second-order valence-electron chi connectivity index (χ2n) is 1.15. The van der Waals surface area contributed by atoms with Gasteiger partial charge in [0, 0.05) is 589 Å². The van der Waals surface area contributed by atoms with Crippen LogP contribution in [0.25, 0.3) is 0 Å². The molecule has 0 aromatic heterocycles. The summed E-state index contributed by atoms with van der Waals surface area (Å²) in [4.78, 5) is 0. The molecule has 18 heteroatoms. The molecular weight excluding hydrogens is 1680 g/mol. The van der Waals surface area contributed by atoms with Crippen LogP contribution in [0.3, 0.4) is 0 Å². The summed E-state index contributed by atoms with van der Waals surface area (Å²) in [5.41, 5.74) is 0. The number of allylic oxidation sites excluding steroid dienone is 3. The van der Waals surface area contributed by atoms with E-state index in [1.807, 2.05) is 31.9 Å². The summed E-state index contributed by atoms with van der Waals surface area (Å²) in [6, 6.07) is 0. The van der Waals surface area contributed by atoms with Gasteiger partial charge < -0.3 is 12.8 Å². The van der Waals surface area contributed by atoms with Crippen molar-refractivity contribution in [1.82, 2.24) is 0 Å². The number of rotatable bonds is 3. The fraction of sp³-hybridized carbons (Fsp3) is 0.143. The molecular formula is C7H10Y18-2. The summed E-state index contributed by atoms with van der Waals surface area (Å²) >= 11 is 0. The topological polar surface area (TPSA) is 0 Å². The third-order valence-corrected chi connectivity index (χ3v) is 0.551. The minimum atomic E-state index is 0. The fourth-order valence-electron chi connectivity index (χ4n) is 0.254. The van der Waals surface area contributed by atoms with E-state index in [2.05, 4.69) is 6.58 Å². The summed E-state index contributed by atoms with van der Waals surface area (Å²) in [7, 11) is 0. The molecule has 18 radical (unpaired) electrons. The van der Waals surface area contributed by atoms with Gasteiger partial charge in [-0.3, -0.25) is 6.08 Å². The van der Waals surface area contributed by atoms with E-state index in [9.17, 15) is 0 Å². The molecule has 0 aromatic rings. The van der Waals surface area contributed by atoms with Crippen LogP contribution in [0, 0.1) is 12.8 Å². The largest absolute Gasteiger partial charge is 0.400 e. The van der Waals surface area contributed by atoms with Crippen molar-refractivity contribution in [2.75, 3.05) is 0 Å². The van der Waals surface area contributed by atoms with Gasteiger partial charge in [-0.25, -0.2) is 13.0 Å². The Balaban J connectivity index is -0.00000000118. The predicted molar refractivity (Wildman–Crippen MR) is 33.6 cm³/mol. The maximum absolute atomic E-state index is 3.51. The van der Waals surface area contributed by atoms with Crippen molar-refractivity contribution in [2.45, 2.75) is 6.92 Å². The third-order valence-electron chi connectivity index (χ3n) is 0.551. The van der Waals surface area contributed by atoms with Crippen molar-refractivity contribution >= 4 is 0 Å². The van der Waals surface area contributed by atoms with Crippen molar-refractivity contribution in [3.8, 4) is 0 Å². The predicted octanol–water partition coefficient (Wildman–Crippen LogP) is 2.11. The first-order valence-electron chi connectivity index (χ1n) is 2.32. The van der Waals surface area contributed by atoms with E-state index in [1.165, 1.54) is 0 Å². The number of unbranched alkanes of at least 4 members (excludes halogenated alkanes) is 1. The van der Waals surface area contributed by atoms with E-state index >= 15 is 0 Å². The second kappa shape index (κ2) is 131. The maximum Gasteiger partial charge on any atom is 0 e. The zero-order valence-electron chi connectivity index (χ0n) is 15.0. The molecule has 25 heavy (non-hydrogen) atoms. The molecule has 0 heterocycles. The van der Waals surface area contributed by atoms with E-state index in [-0.39, 0.29) is 589 Å². The van der Waals surface area contributed by atoms with Gasteiger partial charge in [-0.15, -0.1) is 6.58 Å². The summed E-state index contributed by atoms with van der Waals surface area (Å²) < 4.78 is 0. The summed E-state index contributed by atoms with van der Waals surface area (Å²) in [6.07, 6.45) is 9.51. The minimum absolute atomic E-state index is 0. The molecule has 0 spiro atoms. The SMILES string of the molecule is C=C/C=C/[CH-][CH-]C.[Y].[Y].[Y].[Y].[Y].[Y].[Y].[Y].[Y].[Y].[Y].[Y].[Y].[Y].[Y].[Y].[Y].[Y]. The van der Waals surface area contributed by atoms with E-state index in [4.69, 9.17) is 0 Å². The molecule has 0 unspecified atom stereocenters. The van der Waals surface area contributed by atoms with Crippen LogP contribution < -0.4 is 0 Å². The van der Waals surface area contributed by atoms with Crippen LogP contribution in [0.5, 0.6) is 0 Å². The Hall–Kier alpha value is 19.2. The van der Waals surface area contributed by atoms with Crippen molar-refractivity contribution in [1.29, 1.82) is 0 Å². The number of hydrogen-bond acceptors (Lipinski definition) is 0. The zero-order chi connectivity index (χ0) is 5.54. The van der Waals surface area contributed by atoms with Crippen LogP contribution in [0.2, 0.25) is 0 Å². The Morgan fingerprint density at radius 1 is 0.480 bits per heavy atom. The molecule has 0 aliphatic carbocycles. The molecule has 0 amide bonds. The van der Waals surface area contributed by atoms with Gasteiger partial charge in [0.15, 0.2) is 0 Å². The summed E-state index contributed by atoms with van der Waals surface area (Å²) in [5, 5.41) is 0. The van der Waals surface area contributed by atoms with Crippen LogP contribution in [0.1, 0.15) is 6.92 Å². The normalized spacial score (nSPS) is 2.60. The Morgan fingerprint density at radius 3 is 0.800 bits per heavy atom. The Bertz CT molecular complexity index is 81.8. The monoisotopic (exact) mass is 1690 g/mol. The average Bonchev–Trinajstić information content (AvgIpc) is 1.69. The molecule has 0 saturated heterocycles. The van der Waals surface area contributed by atoms with Gasteiger partial charge in [0.2, 0.25) is 0 Å². The van der Waals surface area contributed by atoms with Crippen LogP contribution in [-0.2, 0) is 589 Å². The molecule has 0 saturated carbocycles. The molecule has 0 aliphatic rings. The third kappa shape index (κ3) is 136. The van der Waals surface area contributed by atoms with E-state index in [1.54, 1.807) is 6.08 Å². The van der Waals surface area contributed by atoms with Crippen molar-refractivity contribution < 1.29 is 589 Å². The molecule has 0 nitrogen and oxygen atoms in total. The number of hydrogen-bond donors (Lipinski definition) is 0. The zero-order valence-corrected chi connectivity index (χ0v) is 66.1. The summed E-state index contributed by atoms with van der Waals surface area (Å²) in [5.74, 6) is 0. The van der Waals surface area contributed by atoms with Crippen molar-refractivity contribution in [3.63, 3.8) is 0 Å². The van der Waals surface area contributed by atoms with Crippen LogP contribution in [0.15, 0.2) is 24.8 Å². The quantitative estimate of drug-likeness (QED) is 0.301. The van der Waals surface area contributed by atoms with Gasteiger partial charge in [0.05, 0.1) is 0 Å². The molecule has 0 aromatic carbocycles. The van der Waals surface area contributed by atoms with Gasteiger partial charge in [0.25, 0.3) is 0 Å². The Morgan fingerprint density at radius 2 is 0.680 bits per heavy atom. The maximum atomic E-state index is 3.51. The van der Waals surface area contributed by atoms with Crippen molar-refractivity contribution in [3.05, 3.63) is 37.6 Å². The van der Waals surface area contributed by atoms with E-state index in [0.29, 0.717) is 0 Å². The first-order valence-corrected chi connectivity index (χ1v) is 2.32. The molecule has 0 rings (SSSR count). The molecule has 0 atom stereocenters. The molecule has 0 bridgehead atoms. The Kier molecular flexibility index (Phi) is 682. The van der Waals surface area contributed by atoms with Crippen LogP contribution in [-0.4, -0.2) is 0 Å². The van der Waals surface area contributed by atoms with Gasteiger partial charge in [-0.05, 0) is 0 Å². The van der Waals surface area contributed by atoms with E-state index < -0.39 is 0 Å². The second-order valence-corrected chi connectivity index (χ2v) is 1.15. The first-order chi connectivity index (χ1) is 3.41. The summed E-state index contributed by atoms with van der Waals surface area (Å²) in [6.45, 7) is 5.49. The van der Waals surface area contributed by atoms with Crippen molar-refractivity contribution in [2.24, 2.45) is 0 Å². The van der Waals surface area contributed by atoms with Gasteiger partial charge in [-0.2, -0.15) is 6.08 Å².